The molecule has 0 amide bonds. The molecule has 44 valence electrons. The second-order valence-corrected chi connectivity index (χ2v) is 1.24. The Labute approximate surface area is 45.0 Å². The summed E-state index contributed by atoms with van der Waals surface area (Å²) in [5.74, 6) is 0.0602. The highest BCUT2D eigenvalue weighted by Gasteiger charge is 2.02. The van der Waals surface area contributed by atoms with E-state index in [0.717, 1.165) is 0 Å². The van der Waals surface area contributed by atoms with Gasteiger partial charge in [0, 0.05) is 0 Å². The normalized spacial score (nSPS) is 10.4. The summed E-state index contributed by atoms with van der Waals surface area (Å²) in [7, 11) is 0. The Balaban J connectivity index is 2.77. The molecule has 0 atom stereocenters. The number of nitrogens with zero attached hydrogens (tertiary/aromatic N) is 2. The molecule has 1 rings (SSSR count). The minimum absolute atomic E-state index is 0.0602. The molecule has 1 heterocycles. The van der Waals surface area contributed by atoms with Crippen LogP contribution in [0.5, 0.6) is 0 Å². The van der Waals surface area contributed by atoms with Crippen LogP contribution < -0.4 is 0 Å². The Hall–Kier alpha value is -0.940. The van der Waals surface area contributed by atoms with Crippen molar-refractivity contribution in [2.24, 2.45) is 0 Å². The Morgan fingerprint density at radius 2 is 2.38 bits per heavy atom. The molecule has 0 saturated heterocycles. The fourth-order valence-electron chi connectivity index (χ4n) is 0.339. The number of aliphatic hydroxyl groups excluding tert-OH is 1. The highest BCUT2D eigenvalue weighted by atomic mass is 16.5. The molecule has 1 aromatic heterocycles. The van der Waals surface area contributed by atoms with Crippen LogP contribution in [-0.4, -0.2) is 25.4 Å². The lowest BCUT2D eigenvalue weighted by atomic mass is 10.6. The third-order valence-electron chi connectivity index (χ3n) is 0.678. The first-order chi connectivity index (χ1) is 3.80. The number of aromatic amines is 1. The van der Waals surface area contributed by atoms with E-state index in [9.17, 15) is 0 Å². The maximum Gasteiger partial charge on any atom is 0.213 e. The van der Waals surface area contributed by atoms with Crippen LogP contribution in [-0.2, 0) is 0 Å². The summed E-state index contributed by atoms with van der Waals surface area (Å²) in [6.45, 7) is 0. The summed E-state index contributed by atoms with van der Waals surface area (Å²) in [4.78, 5) is 3.45. The molecular formula is C3H5N3O2. The molecule has 0 unspecified atom stereocenters. The summed E-state index contributed by atoms with van der Waals surface area (Å²) in [5.41, 5.74) is 0. The molecular weight excluding hydrogens is 110 g/mol. The molecule has 3 N–H and O–H groups in total. The molecule has 1 aromatic rings. The standard InChI is InChI=1S/C3H5N3O2/c7-3(8)2-4-1-5-6-2/h1,3,7-8H,(H,4,5,6). The van der Waals surface area contributed by atoms with Crippen molar-refractivity contribution in [1.29, 1.82) is 0 Å². The van der Waals surface area contributed by atoms with Crippen LogP contribution in [0.1, 0.15) is 12.1 Å². The fraction of sp³-hybridized carbons (Fsp3) is 0.333. The predicted octanol–water partition coefficient (Wildman–Crippen LogP) is -1.21. The Morgan fingerprint density at radius 3 is 2.62 bits per heavy atom. The molecule has 0 radical (unpaired) electrons. The number of H-pyrrole nitrogens is 1. The van der Waals surface area contributed by atoms with Crippen LogP contribution in [0.15, 0.2) is 6.33 Å². The highest BCUT2D eigenvalue weighted by Crippen LogP contribution is 1.96. The van der Waals surface area contributed by atoms with E-state index in [1.807, 2.05) is 0 Å². The van der Waals surface area contributed by atoms with Gasteiger partial charge in [0.05, 0.1) is 0 Å². The molecule has 8 heavy (non-hydrogen) atoms. The molecule has 0 aliphatic rings. The second-order valence-electron chi connectivity index (χ2n) is 1.24. The largest absolute Gasteiger partial charge is 0.362 e. The predicted molar refractivity (Wildman–Crippen MR) is 23.6 cm³/mol. The molecule has 5 heteroatoms. The monoisotopic (exact) mass is 115 g/mol. The van der Waals surface area contributed by atoms with Crippen LogP contribution in [0.25, 0.3) is 0 Å². The average Bonchev–Trinajstić information content (AvgIpc) is 2.12. The molecule has 0 aromatic carbocycles. The van der Waals surface area contributed by atoms with Gasteiger partial charge < -0.3 is 10.2 Å². The summed E-state index contributed by atoms with van der Waals surface area (Å²) in [5, 5.41) is 22.3. The topological polar surface area (TPSA) is 82.0 Å². The zero-order valence-corrected chi connectivity index (χ0v) is 3.94. The zero-order valence-electron chi connectivity index (χ0n) is 3.94. The highest BCUT2D eigenvalue weighted by molar-refractivity contribution is 4.78. The van der Waals surface area contributed by atoms with Crippen LogP contribution in [0.4, 0.5) is 0 Å². The SMILES string of the molecule is OC(O)c1ncn[nH]1. The fourth-order valence-corrected chi connectivity index (χ4v) is 0.339. The van der Waals surface area contributed by atoms with E-state index in [1.165, 1.54) is 6.33 Å². The van der Waals surface area contributed by atoms with E-state index in [4.69, 9.17) is 10.2 Å². The van der Waals surface area contributed by atoms with Crippen molar-refractivity contribution in [3.8, 4) is 0 Å². The molecule has 0 saturated carbocycles. The summed E-state index contributed by atoms with van der Waals surface area (Å²) < 4.78 is 0. The number of nitrogens with one attached hydrogen (secondary N) is 1. The van der Waals surface area contributed by atoms with E-state index in [-0.39, 0.29) is 5.82 Å². The molecule has 0 bridgehead atoms. The Morgan fingerprint density at radius 1 is 1.62 bits per heavy atom. The minimum Gasteiger partial charge on any atom is -0.362 e. The lowest BCUT2D eigenvalue weighted by Gasteiger charge is -1.92. The van der Waals surface area contributed by atoms with Crippen molar-refractivity contribution in [3.63, 3.8) is 0 Å². The first-order valence-corrected chi connectivity index (χ1v) is 2.02. The van der Waals surface area contributed by atoms with Gasteiger partial charge in [0.15, 0.2) is 5.82 Å². The third-order valence-corrected chi connectivity index (χ3v) is 0.678. The van der Waals surface area contributed by atoms with Gasteiger partial charge in [-0.15, -0.1) is 0 Å². The van der Waals surface area contributed by atoms with E-state index in [2.05, 4.69) is 15.2 Å². The minimum atomic E-state index is -1.54. The molecule has 0 aliphatic carbocycles. The van der Waals surface area contributed by atoms with E-state index in [0.29, 0.717) is 0 Å². The van der Waals surface area contributed by atoms with Gasteiger partial charge in [-0.1, -0.05) is 0 Å². The van der Waals surface area contributed by atoms with Gasteiger partial charge in [-0.3, -0.25) is 5.10 Å². The Kier molecular flexibility index (Phi) is 1.23. The van der Waals surface area contributed by atoms with Crippen LogP contribution in [0.2, 0.25) is 0 Å². The van der Waals surface area contributed by atoms with Gasteiger partial charge >= 0.3 is 0 Å². The second kappa shape index (κ2) is 1.89. The summed E-state index contributed by atoms with van der Waals surface area (Å²) in [6, 6.07) is 0. The lowest BCUT2D eigenvalue weighted by molar-refractivity contribution is -0.0491. The number of aromatic nitrogens is 3. The van der Waals surface area contributed by atoms with Crippen molar-refractivity contribution in [1.82, 2.24) is 15.2 Å². The first kappa shape index (κ1) is 5.20. The lowest BCUT2D eigenvalue weighted by Crippen LogP contribution is -1.96. The van der Waals surface area contributed by atoms with Crippen LogP contribution in [0.3, 0.4) is 0 Å². The Bertz CT molecular complexity index is 148. The smallest absolute Gasteiger partial charge is 0.213 e. The number of hydrogen-bond acceptors (Lipinski definition) is 4. The summed E-state index contributed by atoms with van der Waals surface area (Å²) >= 11 is 0. The molecule has 5 nitrogen and oxygen atoms in total. The van der Waals surface area contributed by atoms with Crippen LogP contribution >= 0.6 is 0 Å². The van der Waals surface area contributed by atoms with Gasteiger partial charge in [0.25, 0.3) is 0 Å². The number of aliphatic hydroxyl groups is 2. The van der Waals surface area contributed by atoms with Gasteiger partial charge in [-0.2, -0.15) is 5.10 Å². The van der Waals surface area contributed by atoms with Crippen LogP contribution in [0, 0.1) is 0 Å². The molecule has 0 fully saturated rings. The number of hydrogen-bond donors (Lipinski definition) is 3. The first-order valence-electron chi connectivity index (χ1n) is 2.02. The van der Waals surface area contributed by atoms with Crippen molar-refractivity contribution in [2.45, 2.75) is 6.29 Å². The molecule has 0 aliphatic heterocycles. The van der Waals surface area contributed by atoms with E-state index >= 15 is 0 Å². The average molecular weight is 115 g/mol. The quantitative estimate of drug-likeness (QED) is 0.401. The van der Waals surface area contributed by atoms with Gasteiger partial charge in [0.2, 0.25) is 6.29 Å². The maximum absolute atomic E-state index is 8.33. The van der Waals surface area contributed by atoms with Crippen molar-refractivity contribution < 1.29 is 10.2 Å². The summed E-state index contributed by atoms with van der Waals surface area (Å²) in [6.07, 6.45) is -0.341. The van der Waals surface area contributed by atoms with E-state index < -0.39 is 6.29 Å². The van der Waals surface area contributed by atoms with Gasteiger partial charge in [0.1, 0.15) is 6.33 Å². The van der Waals surface area contributed by atoms with E-state index in [1.54, 1.807) is 0 Å². The van der Waals surface area contributed by atoms with Gasteiger partial charge in [-0.05, 0) is 0 Å². The molecule has 0 spiro atoms. The van der Waals surface area contributed by atoms with Gasteiger partial charge in [-0.25, -0.2) is 4.98 Å². The van der Waals surface area contributed by atoms with Crippen molar-refractivity contribution >= 4 is 0 Å². The number of rotatable bonds is 1. The van der Waals surface area contributed by atoms with Crippen molar-refractivity contribution in [3.05, 3.63) is 12.2 Å². The maximum atomic E-state index is 8.33. The zero-order chi connectivity index (χ0) is 5.98. The van der Waals surface area contributed by atoms with Crippen molar-refractivity contribution in [2.75, 3.05) is 0 Å². The third kappa shape index (κ3) is 0.824.